The van der Waals surface area contributed by atoms with Crippen LogP contribution in [0.2, 0.25) is 10.0 Å². The summed E-state index contributed by atoms with van der Waals surface area (Å²) in [6, 6.07) is 12.2. The highest BCUT2D eigenvalue weighted by Gasteiger charge is 2.09. The molecule has 100 valence electrons. The molecule has 2 aromatic carbocycles. The zero-order valence-electron chi connectivity index (χ0n) is 10.5. The lowest BCUT2D eigenvalue weighted by molar-refractivity contribution is 0.528. The molecule has 0 heterocycles. The average molecular weight is 298 g/mol. The first kappa shape index (κ1) is 14.3. The van der Waals surface area contributed by atoms with E-state index in [0.717, 1.165) is 5.56 Å². The maximum absolute atomic E-state index is 13.6. The molecule has 0 amide bonds. The van der Waals surface area contributed by atoms with E-state index in [9.17, 15) is 4.39 Å². The third kappa shape index (κ3) is 3.69. The molecular weight excluding hydrogens is 284 g/mol. The van der Waals surface area contributed by atoms with Crippen molar-refractivity contribution in [2.24, 2.45) is 0 Å². The minimum Gasteiger partial charge on any atom is -0.306 e. The summed E-state index contributed by atoms with van der Waals surface area (Å²) in [5.41, 5.74) is 1.67. The fourth-order valence-corrected chi connectivity index (χ4v) is 2.18. The second-order valence-corrected chi connectivity index (χ2v) is 5.19. The normalized spacial score (nSPS) is 12.4. The Hall–Kier alpha value is -1.09. The quantitative estimate of drug-likeness (QED) is 0.839. The number of nitrogens with one attached hydrogen (secondary N) is 1. The van der Waals surface area contributed by atoms with Gasteiger partial charge in [-0.05, 0) is 30.7 Å². The number of hydrogen-bond acceptors (Lipinski definition) is 1. The molecule has 0 radical (unpaired) electrons. The summed E-state index contributed by atoms with van der Waals surface area (Å²) in [4.78, 5) is 0. The molecule has 1 N–H and O–H groups in total. The fourth-order valence-electron chi connectivity index (χ4n) is 1.86. The van der Waals surface area contributed by atoms with E-state index in [1.54, 1.807) is 18.2 Å². The predicted molar refractivity (Wildman–Crippen MR) is 78.1 cm³/mol. The van der Waals surface area contributed by atoms with Gasteiger partial charge in [-0.25, -0.2) is 4.39 Å². The van der Waals surface area contributed by atoms with E-state index >= 15 is 0 Å². The molecule has 4 heteroatoms. The first-order valence-electron chi connectivity index (χ1n) is 5.99. The number of halogens is 3. The van der Waals surface area contributed by atoms with Crippen molar-refractivity contribution in [1.29, 1.82) is 0 Å². The van der Waals surface area contributed by atoms with Crippen LogP contribution >= 0.6 is 23.2 Å². The van der Waals surface area contributed by atoms with Gasteiger partial charge in [-0.15, -0.1) is 0 Å². The summed E-state index contributed by atoms with van der Waals surface area (Å²) < 4.78 is 13.6. The lowest BCUT2D eigenvalue weighted by Gasteiger charge is -2.15. The van der Waals surface area contributed by atoms with Crippen LogP contribution in [0.3, 0.4) is 0 Å². The Balaban J connectivity index is 2.02. The van der Waals surface area contributed by atoms with Crippen LogP contribution in [0.25, 0.3) is 0 Å². The third-order valence-corrected chi connectivity index (χ3v) is 3.71. The van der Waals surface area contributed by atoms with Crippen LogP contribution in [-0.4, -0.2) is 0 Å². The predicted octanol–water partition coefficient (Wildman–Crippen LogP) is 4.98. The second kappa shape index (κ2) is 6.38. The van der Waals surface area contributed by atoms with Gasteiger partial charge in [0.05, 0.1) is 10.0 Å². The van der Waals surface area contributed by atoms with Crippen molar-refractivity contribution >= 4 is 23.2 Å². The molecule has 2 rings (SSSR count). The summed E-state index contributed by atoms with van der Waals surface area (Å²) in [7, 11) is 0. The average Bonchev–Trinajstić information content (AvgIpc) is 2.40. The molecule has 0 fully saturated rings. The summed E-state index contributed by atoms with van der Waals surface area (Å²) in [6.45, 7) is 2.53. The van der Waals surface area contributed by atoms with Gasteiger partial charge >= 0.3 is 0 Å². The van der Waals surface area contributed by atoms with Crippen molar-refractivity contribution in [1.82, 2.24) is 5.32 Å². The Morgan fingerprint density at radius 2 is 1.84 bits per heavy atom. The number of hydrogen-bond donors (Lipinski definition) is 1. The molecule has 0 aromatic heterocycles. The Morgan fingerprint density at radius 1 is 1.11 bits per heavy atom. The number of rotatable bonds is 4. The van der Waals surface area contributed by atoms with Gasteiger partial charge in [0.2, 0.25) is 0 Å². The topological polar surface area (TPSA) is 12.0 Å². The van der Waals surface area contributed by atoms with Crippen molar-refractivity contribution in [3.05, 3.63) is 69.5 Å². The van der Waals surface area contributed by atoms with Crippen molar-refractivity contribution in [2.75, 3.05) is 0 Å². The fraction of sp³-hybridized carbons (Fsp3) is 0.200. The van der Waals surface area contributed by atoms with Crippen molar-refractivity contribution in [3.63, 3.8) is 0 Å². The largest absolute Gasteiger partial charge is 0.306 e. The molecule has 2 aromatic rings. The monoisotopic (exact) mass is 297 g/mol. The maximum atomic E-state index is 13.6. The molecule has 1 nitrogen and oxygen atoms in total. The van der Waals surface area contributed by atoms with Gasteiger partial charge in [0, 0.05) is 18.2 Å². The first-order chi connectivity index (χ1) is 9.08. The van der Waals surface area contributed by atoms with Gasteiger partial charge in [-0.3, -0.25) is 0 Å². The molecule has 0 aliphatic rings. The van der Waals surface area contributed by atoms with Gasteiger partial charge in [0.1, 0.15) is 5.82 Å². The van der Waals surface area contributed by atoms with Gasteiger partial charge in [-0.1, -0.05) is 47.5 Å². The van der Waals surface area contributed by atoms with Crippen LogP contribution in [0.4, 0.5) is 4.39 Å². The summed E-state index contributed by atoms with van der Waals surface area (Å²) >= 11 is 11.8. The summed E-state index contributed by atoms with van der Waals surface area (Å²) in [5.74, 6) is -0.198. The molecular formula is C15H14Cl2FN. The number of benzene rings is 2. The highest BCUT2D eigenvalue weighted by Crippen LogP contribution is 2.23. The first-order valence-corrected chi connectivity index (χ1v) is 6.75. The molecule has 0 bridgehead atoms. The second-order valence-electron chi connectivity index (χ2n) is 4.37. The summed E-state index contributed by atoms with van der Waals surface area (Å²) in [5, 5.41) is 4.32. The van der Waals surface area contributed by atoms with Gasteiger partial charge in [0.15, 0.2) is 0 Å². The van der Waals surface area contributed by atoms with Crippen LogP contribution in [0, 0.1) is 5.82 Å². The molecule has 0 spiro atoms. The summed E-state index contributed by atoms with van der Waals surface area (Å²) in [6.07, 6.45) is 0. The van der Waals surface area contributed by atoms with Crippen molar-refractivity contribution < 1.29 is 4.39 Å². The minimum atomic E-state index is -0.198. The smallest absolute Gasteiger partial charge is 0.127 e. The highest BCUT2D eigenvalue weighted by molar-refractivity contribution is 6.42. The third-order valence-electron chi connectivity index (χ3n) is 2.97. The molecule has 1 atom stereocenters. The molecule has 0 saturated heterocycles. The van der Waals surface area contributed by atoms with Crippen molar-refractivity contribution in [2.45, 2.75) is 19.5 Å². The van der Waals surface area contributed by atoms with Crippen LogP contribution in [0.15, 0.2) is 42.5 Å². The van der Waals surface area contributed by atoms with Crippen LogP contribution in [0.1, 0.15) is 24.1 Å². The van der Waals surface area contributed by atoms with E-state index in [0.29, 0.717) is 22.2 Å². The van der Waals surface area contributed by atoms with E-state index < -0.39 is 0 Å². The standard InChI is InChI=1S/C15H14Cl2FN/c1-10(12-4-2-3-5-15(12)18)19-9-11-6-7-13(16)14(17)8-11/h2-8,10,19H,9H2,1H3/t10-/m1/s1. The lowest BCUT2D eigenvalue weighted by Crippen LogP contribution is -2.19. The van der Waals surface area contributed by atoms with Crippen LogP contribution in [-0.2, 0) is 6.54 Å². The SMILES string of the molecule is C[C@@H](NCc1ccc(Cl)c(Cl)c1)c1ccccc1F. The van der Waals surface area contributed by atoms with E-state index in [1.807, 2.05) is 25.1 Å². The molecule has 0 saturated carbocycles. The zero-order chi connectivity index (χ0) is 13.8. The minimum absolute atomic E-state index is 0.0735. The molecule has 19 heavy (non-hydrogen) atoms. The van der Waals surface area contributed by atoms with E-state index in [2.05, 4.69) is 5.32 Å². The maximum Gasteiger partial charge on any atom is 0.127 e. The van der Waals surface area contributed by atoms with E-state index in [4.69, 9.17) is 23.2 Å². The molecule has 0 aliphatic carbocycles. The van der Waals surface area contributed by atoms with Crippen LogP contribution in [0.5, 0.6) is 0 Å². The van der Waals surface area contributed by atoms with E-state index in [1.165, 1.54) is 6.07 Å². The van der Waals surface area contributed by atoms with Gasteiger partial charge in [0.25, 0.3) is 0 Å². The Bertz CT molecular complexity index is 572. The van der Waals surface area contributed by atoms with Gasteiger partial charge < -0.3 is 5.32 Å². The Kier molecular flexibility index (Phi) is 4.81. The van der Waals surface area contributed by atoms with Crippen LogP contribution < -0.4 is 5.32 Å². The Labute approximate surface area is 122 Å². The highest BCUT2D eigenvalue weighted by atomic mass is 35.5. The lowest BCUT2D eigenvalue weighted by atomic mass is 10.1. The molecule has 0 aliphatic heterocycles. The Morgan fingerprint density at radius 3 is 2.53 bits per heavy atom. The molecule has 0 unspecified atom stereocenters. The van der Waals surface area contributed by atoms with Crippen molar-refractivity contribution in [3.8, 4) is 0 Å². The van der Waals surface area contributed by atoms with E-state index in [-0.39, 0.29) is 11.9 Å². The zero-order valence-corrected chi connectivity index (χ0v) is 12.0. The van der Waals surface area contributed by atoms with Gasteiger partial charge in [-0.2, -0.15) is 0 Å².